The van der Waals surface area contributed by atoms with Crippen molar-refractivity contribution in [2.24, 2.45) is 0 Å². The van der Waals surface area contributed by atoms with E-state index in [-0.39, 0.29) is 5.91 Å². The molecule has 1 saturated heterocycles. The molecule has 0 unspecified atom stereocenters. The van der Waals surface area contributed by atoms with Gasteiger partial charge in [-0.25, -0.2) is 4.68 Å². The minimum absolute atomic E-state index is 0.00442. The van der Waals surface area contributed by atoms with Crippen molar-refractivity contribution in [3.63, 3.8) is 0 Å². The smallest absolute Gasteiger partial charge is 0.246 e. The van der Waals surface area contributed by atoms with Crippen molar-refractivity contribution < 1.29 is 9.53 Å². The van der Waals surface area contributed by atoms with Gasteiger partial charge in [-0.2, -0.15) is 5.10 Å². The summed E-state index contributed by atoms with van der Waals surface area (Å²) < 4.78 is 7.16. The van der Waals surface area contributed by atoms with E-state index in [2.05, 4.69) is 0 Å². The number of hydrogen-bond donors (Lipinski definition) is 0. The molecule has 1 aliphatic rings. The molecule has 1 aromatic heterocycles. The summed E-state index contributed by atoms with van der Waals surface area (Å²) in [6, 6.07) is 20.0. The fourth-order valence-corrected chi connectivity index (χ4v) is 3.09. The van der Waals surface area contributed by atoms with Gasteiger partial charge >= 0.3 is 0 Å². The number of para-hydroxylation sites is 1. The Balaban J connectivity index is 1.67. The number of benzene rings is 2. The predicted molar refractivity (Wildman–Crippen MR) is 105 cm³/mol. The molecule has 0 radical (unpaired) electrons. The first kappa shape index (κ1) is 17.2. The van der Waals surface area contributed by atoms with Crippen LogP contribution in [-0.4, -0.2) is 46.9 Å². The van der Waals surface area contributed by atoms with Crippen LogP contribution in [0.15, 0.2) is 72.9 Å². The minimum atomic E-state index is 0.00442. The lowest BCUT2D eigenvalue weighted by Gasteiger charge is -2.25. The van der Waals surface area contributed by atoms with Gasteiger partial charge in [0.1, 0.15) is 0 Å². The number of rotatable bonds is 4. The Labute approximate surface area is 158 Å². The van der Waals surface area contributed by atoms with Gasteiger partial charge in [-0.1, -0.05) is 48.5 Å². The van der Waals surface area contributed by atoms with Crippen LogP contribution in [0.1, 0.15) is 5.56 Å². The maximum atomic E-state index is 12.5. The molecule has 1 amide bonds. The number of ether oxygens (including phenoxy) is 1. The van der Waals surface area contributed by atoms with Gasteiger partial charge in [-0.05, 0) is 18.2 Å². The van der Waals surface area contributed by atoms with Crippen molar-refractivity contribution in [2.75, 3.05) is 26.3 Å². The SMILES string of the molecule is O=C(C=Cc1cn(-c2ccccc2)nc1-c1ccccc1)N1CCOCC1. The molecule has 0 N–H and O–H groups in total. The molecule has 136 valence electrons. The Morgan fingerprint density at radius 1 is 0.963 bits per heavy atom. The van der Waals surface area contributed by atoms with Crippen molar-refractivity contribution in [3.05, 3.63) is 78.5 Å². The molecule has 0 bridgehead atoms. The van der Waals surface area contributed by atoms with E-state index in [1.165, 1.54) is 0 Å². The lowest BCUT2D eigenvalue weighted by atomic mass is 10.1. The van der Waals surface area contributed by atoms with Crippen LogP contribution >= 0.6 is 0 Å². The van der Waals surface area contributed by atoms with Crippen LogP contribution in [0.5, 0.6) is 0 Å². The summed E-state index contributed by atoms with van der Waals surface area (Å²) in [5.74, 6) is 0.00442. The fraction of sp³-hybridized carbons (Fsp3) is 0.182. The summed E-state index contributed by atoms with van der Waals surface area (Å²) in [5, 5.41) is 4.76. The Hall–Kier alpha value is -3.18. The van der Waals surface area contributed by atoms with Gasteiger partial charge in [0.2, 0.25) is 5.91 Å². The number of morpholine rings is 1. The summed E-state index contributed by atoms with van der Waals surface area (Å²) in [4.78, 5) is 14.3. The van der Waals surface area contributed by atoms with Crippen molar-refractivity contribution >= 4 is 12.0 Å². The normalized spacial score (nSPS) is 14.6. The average molecular weight is 359 g/mol. The van der Waals surface area contributed by atoms with Crippen LogP contribution in [0.4, 0.5) is 0 Å². The zero-order valence-corrected chi connectivity index (χ0v) is 15.0. The van der Waals surface area contributed by atoms with Crippen LogP contribution in [0, 0.1) is 0 Å². The van der Waals surface area contributed by atoms with Gasteiger partial charge in [0.05, 0.1) is 24.6 Å². The number of nitrogens with zero attached hydrogens (tertiary/aromatic N) is 3. The van der Waals surface area contributed by atoms with Crippen LogP contribution in [0.3, 0.4) is 0 Å². The molecule has 0 atom stereocenters. The van der Waals surface area contributed by atoms with Gasteiger partial charge in [0.15, 0.2) is 0 Å². The van der Waals surface area contributed by atoms with Gasteiger partial charge in [-0.15, -0.1) is 0 Å². The summed E-state index contributed by atoms with van der Waals surface area (Å²) in [5.41, 5.74) is 3.76. The third-order valence-electron chi connectivity index (χ3n) is 4.54. The molecule has 0 aliphatic carbocycles. The van der Waals surface area contributed by atoms with Crippen LogP contribution in [0.2, 0.25) is 0 Å². The Bertz CT molecular complexity index is 927. The lowest BCUT2D eigenvalue weighted by molar-refractivity contribution is -0.129. The number of carbonyl (C=O) groups excluding carboxylic acids is 1. The monoisotopic (exact) mass is 359 g/mol. The van der Waals surface area contributed by atoms with E-state index in [0.29, 0.717) is 26.3 Å². The predicted octanol–water partition coefficient (Wildman–Crippen LogP) is 3.41. The van der Waals surface area contributed by atoms with Crippen molar-refractivity contribution in [1.82, 2.24) is 14.7 Å². The molecule has 0 spiro atoms. The molecule has 1 fully saturated rings. The van der Waals surface area contributed by atoms with Crippen LogP contribution in [-0.2, 0) is 9.53 Å². The first-order valence-electron chi connectivity index (χ1n) is 9.06. The summed E-state index contributed by atoms with van der Waals surface area (Å²) in [6.45, 7) is 2.47. The molecule has 4 rings (SSSR count). The quantitative estimate of drug-likeness (QED) is 0.671. The molecule has 1 aliphatic heterocycles. The average Bonchev–Trinajstić information content (AvgIpc) is 3.18. The molecular weight excluding hydrogens is 338 g/mol. The van der Waals surface area contributed by atoms with E-state index >= 15 is 0 Å². The third kappa shape index (κ3) is 3.99. The first-order chi connectivity index (χ1) is 13.3. The van der Waals surface area contributed by atoms with E-state index in [1.807, 2.05) is 82.5 Å². The molecule has 5 heteroatoms. The van der Waals surface area contributed by atoms with Gasteiger partial charge in [-0.3, -0.25) is 4.79 Å². The van der Waals surface area contributed by atoms with Crippen molar-refractivity contribution in [3.8, 4) is 16.9 Å². The van der Waals surface area contributed by atoms with Crippen molar-refractivity contribution in [1.29, 1.82) is 0 Å². The largest absolute Gasteiger partial charge is 0.378 e. The molecule has 5 nitrogen and oxygen atoms in total. The molecule has 27 heavy (non-hydrogen) atoms. The molecular formula is C22H21N3O2. The standard InChI is InChI=1S/C22H21N3O2/c26-21(24-13-15-27-16-14-24)12-11-19-17-25(20-9-5-2-6-10-20)23-22(19)18-7-3-1-4-8-18/h1-12,17H,13-16H2. The minimum Gasteiger partial charge on any atom is -0.378 e. The second-order valence-electron chi connectivity index (χ2n) is 6.35. The maximum absolute atomic E-state index is 12.5. The van der Waals surface area contributed by atoms with E-state index in [9.17, 15) is 4.79 Å². The second-order valence-corrected chi connectivity index (χ2v) is 6.35. The van der Waals surface area contributed by atoms with Crippen molar-refractivity contribution in [2.45, 2.75) is 0 Å². The summed E-state index contributed by atoms with van der Waals surface area (Å²) >= 11 is 0. The topological polar surface area (TPSA) is 47.4 Å². The number of hydrogen-bond acceptors (Lipinski definition) is 3. The molecule has 0 saturated carbocycles. The summed E-state index contributed by atoms with van der Waals surface area (Å²) in [7, 11) is 0. The highest BCUT2D eigenvalue weighted by Crippen LogP contribution is 2.24. The number of aromatic nitrogens is 2. The van der Waals surface area contributed by atoms with Gasteiger partial charge in [0, 0.05) is 36.5 Å². The first-order valence-corrected chi connectivity index (χ1v) is 9.06. The Morgan fingerprint density at radius 2 is 1.63 bits per heavy atom. The van der Waals surface area contributed by atoms with Crippen LogP contribution in [0.25, 0.3) is 23.0 Å². The number of amides is 1. The zero-order valence-electron chi connectivity index (χ0n) is 15.0. The van der Waals surface area contributed by atoms with E-state index < -0.39 is 0 Å². The summed E-state index contributed by atoms with van der Waals surface area (Å²) in [6.07, 6.45) is 5.44. The maximum Gasteiger partial charge on any atom is 0.246 e. The Morgan fingerprint density at radius 3 is 2.33 bits per heavy atom. The van der Waals surface area contributed by atoms with E-state index in [0.717, 1.165) is 22.5 Å². The second kappa shape index (κ2) is 8.01. The molecule has 3 aromatic rings. The zero-order chi connectivity index (χ0) is 18.5. The highest BCUT2D eigenvalue weighted by molar-refractivity contribution is 5.93. The highest BCUT2D eigenvalue weighted by Gasteiger charge is 2.15. The van der Waals surface area contributed by atoms with Gasteiger partial charge < -0.3 is 9.64 Å². The number of carbonyl (C=O) groups is 1. The molecule has 2 heterocycles. The fourth-order valence-electron chi connectivity index (χ4n) is 3.09. The van der Waals surface area contributed by atoms with Gasteiger partial charge in [0.25, 0.3) is 0 Å². The highest BCUT2D eigenvalue weighted by atomic mass is 16.5. The third-order valence-corrected chi connectivity index (χ3v) is 4.54. The van der Waals surface area contributed by atoms with Crippen LogP contribution < -0.4 is 0 Å². The Kier molecular flexibility index (Phi) is 5.12. The van der Waals surface area contributed by atoms with E-state index in [1.54, 1.807) is 6.08 Å². The lowest BCUT2D eigenvalue weighted by Crippen LogP contribution is -2.39. The van der Waals surface area contributed by atoms with E-state index in [4.69, 9.17) is 9.84 Å². The molecule has 2 aromatic carbocycles.